The molecule has 138 valence electrons. The molecule has 1 saturated heterocycles. The number of hydrogen-bond acceptors (Lipinski definition) is 3. The fourth-order valence-electron chi connectivity index (χ4n) is 3.05. The lowest BCUT2D eigenvalue weighted by molar-refractivity contribution is -0.141. The Kier molecular flexibility index (Phi) is 5.27. The Hall–Kier alpha value is -2.41. The second-order valence-corrected chi connectivity index (χ2v) is 6.49. The lowest BCUT2D eigenvalue weighted by Crippen LogP contribution is -2.48. The summed E-state index contributed by atoms with van der Waals surface area (Å²) in [7, 11) is 0. The number of rotatable bonds is 3. The number of benzene rings is 1. The normalized spacial score (nSPS) is 15.9. The minimum Gasteiger partial charge on any atom is -0.336 e. The van der Waals surface area contributed by atoms with E-state index >= 15 is 0 Å². The lowest BCUT2D eigenvalue weighted by atomic mass is 10.1. The van der Waals surface area contributed by atoms with Gasteiger partial charge in [-0.15, -0.1) is 0 Å². The molecule has 0 aliphatic carbocycles. The Bertz CT molecular complexity index is 766. The van der Waals surface area contributed by atoms with Crippen LogP contribution in [0.4, 0.5) is 13.2 Å². The molecule has 4 nitrogen and oxygen atoms in total. The van der Waals surface area contributed by atoms with Crippen molar-refractivity contribution in [3.05, 3.63) is 65.0 Å². The largest absolute Gasteiger partial charge is 0.433 e. The van der Waals surface area contributed by atoms with Gasteiger partial charge in [-0.2, -0.15) is 13.2 Å². The Morgan fingerprint density at radius 2 is 1.85 bits per heavy atom. The molecule has 0 atom stereocenters. The number of piperazine rings is 1. The molecule has 2 heterocycles. The monoisotopic (exact) mass is 363 g/mol. The molecule has 0 unspecified atom stereocenters. The molecule has 1 amide bonds. The fraction of sp³-hybridized carbons (Fsp3) is 0.368. The summed E-state index contributed by atoms with van der Waals surface area (Å²) in [6.07, 6.45) is -3.49. The summed E-state index contributed by atoms with van der Waals surface area (Å²) in [5, 5.41) is 0. The first-order valence-electron chi connectivity index (χ1n) is 8.43. The topological polar surface area (TPSA) is 36.4 Å². The SMILES string of the molecule is Cc1cccc(CN2CCN(C(=O)c3ccc(C(F)(F)F)nc3)CC2)c1. The van der Waals surface area contributed by atoms with Gasteiger partial charge in [-0.25, -0.2) is 0 Å². The van der Waals surface area contributed by atoms with E-state index in [0.29, 0.717) is 13.1 Å². The summed E-state index contributed by atoms with van der Waals surface area (Å²) in [5.41, 5.74) is 1.64. The summed E-state index contributed by atoms with van der Waals surface area (Å²) in [4.78, 5) is 19.7. The summed E-state index contributed by atoms with van der Waals surface area (Å²) in [6, 6.07) is 10.3. The van der Waals surface area contributed by atoms with Gasteiger partial charge in [-0.3, -0.25) is 14.7 Å². The third-order valence-electron chi connectivity index (χ3n) is 4.45. The second-order valence-electron chi connectivity index (χ2n) is 6.49. The number of hydrogen-bond donors (Lipinski definition) is 0. The van der Waals surface area contributed by atoms with Gasteiger partial charge in [0.25, 0.3) is 5.91 Å². The van der Waals surface area contributed by atoms with Crippen LogP contribution in [-0.2, 0) is 12.7 Å². The molecule has 1 aromatic heterocycles. The van der Waals surface area contributed by atoms with Crippen LogP contribution in [0.5, 0.6) is 0 Å². The highest BCUT2D eigenvalue weighted by atomic mass is 19.4. The summed E-state index contributed by atoms with van der Waals surface area (Å²) < 4.78 is 37.7. The van der Waals surface area contributed by atoms with Crippen LogP contribution in [0.25, 0.3) is 0 Å². The van der Waals surface area contributed by atoms with Gasteiger partial charge in [0.1, 0.15) is 5.69 Å². The molecular formula is C19H20F3N3O. The van der Waals surface area contributed by atoms with E-state index in [0.717, 1.165) is 31.9 Å². The molecule has 1 fully saturated rings. The maximum atomic E-state index is 12.6. The van der Waals surface area contributed by atoms with E-state index in [2.05, 4.69) is 35.0 Å². The van der Waals surface area contributed by atoms with Crippen LogP contribution in [0.15, 0.2) is 42.6 Å². The van der Waals surface area contributed by atoms with Crippen molar-refractivity contribution in [2.75, 3.05) is 26.2 Å². The zero-order chi connectivity index (χ0) is 18.7. The van der Waals surface area contributed by atoms with Gasteiger partial charge in [0.05, 0.1) is 5.56 Å². The van der Waals surface area contributed by atoms with Crippen molar-refractivity contribution in [1.82, 2.24) is 14.8 Å². The number of aromatic nitrogens is 1. The van der Waals surface area contributed by atoms with Gasteiger partial charge in [-0.05, 0) is 24.6 Å². The zero-order valence-electron chi connectivity index (χ0n) is 14.5. The molecule has 0 saturated carbocycles. The van der Waals surface area contributed by atoms with E-state index in [1.807, 2.05) is 6.07 Å². The first-order chi connectivity index (χ1) is 12.3. The van der Waals surface area contributed by atoms with Gasteiger partial charge in [0, 0.05) is 38.9 Å². The molecule has 26 heavy (non-hydrogen) atoms. The van der Waals surface area contributed by atoms with Crippen LogP contribution >= 0.6 is 0 Å². The van der Waals surface area contributed by atoms with Crippen molar-refractivity contribution >= 4 is 5.91 Å². The summed E-state index contributed by atoms with van der Waals surface area (Å²) in [6.45, 7) is 5.43. The minimum absolute atomic E-state index is 0.185. The highest BCUT2D eigenvalue weighted by Crippen LogP contribution is 2.27. The van der Waals surface area contributed by atoms with Crippen molar-refractivity contribution in [3.63, 3.8) is 0 Å². The highest BCUT2D eigenvalue weighted by Gasteiger charge is 2.32. The maximum absolute atomic E-state index is 12.6. The Morgan fingerprint density at radius 1 is 1.12 bits per heavy atom. The van der Waals surface area contributed by atoms with Crippen LogP contribution < -0.4 is 0 Å². The van der Waals surface area contributed by atoms with E-state index in [-0.39, 0.29) is 11.5 Å². The average molecular weight is 363 g/mol. The van der Waals surface area contributed by atoms with E-state index in [1.165, 1.54) is 17.2 Å². The minimum atomic E-state index is -4.50. The summed E-state index contributed by atoms with van der Waals surface area (Å²) in [5.74, 6) is -0.276. The van der Waals surface area contributed by atoms with Crippen LogP contribution in [-0.4, -0.2) is 46.9 Å². The maximum Gasteiger partial charge on any atom is 0.433 e. The van der Waals surface area contributed by atoms with Gasteiger partial charge < -0.3 is 4.90 Å². The van der Waals surface area contributed by atoms with E-state index in [1.54, 1.807) is 4.90 Å². The average Bonchev–Trinajstić information content (AvgIpc) is 2.61. The third kappa shape index (κ3) is 4.40. The zero-order valence-corrected chi connectivity index (χ0v) is 14.5. The van der Waals surface area contributed by atoms with Crippen LogP contribution in [0, 0.1) is 6.92 Å². The molecule has 1 aliphatic heterocycles. The summed E-state index contributed by atoms with van der Waals surface area (Å²) >= 11 is 0. The number of aryl methyl sites for hydroxylation is 1. The van der Waals surface area contributed by atoms with E-state index < -0.39 is 11.9 Å². The molecule has 1 aliphatic rings. The predicted octanol–water partition coefficient (Wildman–Crippen LogP) is 3.37. The van der Waals surface area contributed by atoms with Crippen LogP contribution in [0.3, 0.4) is 0 Å². The number of carbonyl (C=O) groups is 1. The molecular weight excluding hydrogens is 343 g/mol. The van der Waals surface area contributed by atoms with E-state index in [4.69, 9.17) is 0 Å². The molecule has 0 spiro atoms. The second kappa shape index (κ2) is 7.45. The van der Waals surface area contributed by atoms with Crippen molar-refractivity contribution in [3.8, 4) is 0 Å². The number of alkyl halides is 3. The van der Waals surface area contributed by atoms with Gasteiger partial charge in [0.2, 0.25) is 0 Å². The van der Waals surface area contributed by atoms with Gasteiger partial charge in [0.15, 0.2) is 0 Å². The quantitative estimate of drug-likeness (QED) is 0.839. The first kappa shape index (κ1) is 18.4. The number of pyridine rings is 1. The number of amides is 1. The third-order valence-corrected chi connectivity index (χ3v) is 4.45. The molecule has 1 aromatic carbocycles. The molecule has 7 heteroatoms. The molecule has 0 radical (unpaired) electrons. The number of halogens is 3. The van der Waals surface area contributed by atoms with Crippen LogP contribution in [0.2, 0.25) is 0 Å². The highest BCUT2D eigenvalue weighted by molar-refractivity contribution is 5.94. The number of nitrogens with zero attached hydrogens (tertiary/aromatic N) is 3. The molecule has 0 N–H and O–H groups in total. The molecule has 3 rings (SSSR count). The van der Waals surface area contributed by atoms with Crippen molar-refractivity contribution in [2.24, 2.45) is 0 Å². The van der Waals surface area contributed by atoms with E-state index in [9.17, 15) is 18.0 Å². The number of carbonyl (C=O) groups excluding carboxylic acids is 1. The fourth-order valence-corrected chi connectivity index (χ4v) is 3.05. The van der Waals surface area contributed by atoms with Gasteiger partial charge >= 0.3 is 6.18 Å². The first-order valence-corrected chi connectivity index (χ1v) is 8.43. The lowest BCUT2D eigenvalue weighted by Gasteiger charge is -2.34. The smallest absolute Gasteiger partial charge is 0.336 e. The van der Waals surface area contributed by atoms with Crippen molar-refractivity contribution in [1.29, 1.82) is 0 Å². The van der Waals surface area contributed by atoms with Crippen molar-refractivity contribution in [2.45, 2.75) is 19.6 Å². The predicted molar refractivity (Wildman–Crippen MR) is 91.6 cm³/mol. The van der Waals surface area contributed by atoms with Crippen LogP contribution in [0.1, 0.15) is 27.2 Å². The molecule has 2 aromatic rings. The van der Waals surface area contributed by atoms with Gasteiger partial charge in [-0.1, -0.05) is 29.8 Å². The Morgan fingerprint density at radius 3 is 2.42 bits per heavy atom. The Balaban J connectivity index is 1.56. The standard InChI is InChI=1S/C19H20F3N3O/c1-14-3-2-4-15(11-14)13-24-7-9-25(10-8-24)18(26)16-5-6-17(23-12-16)19(20,21)22/h2-6,11-12H,7-10,13H2,1H3. The Labute approximate surface area is 150 Å². The molecule has 0 bridgehead atoms. The van der Waals surface area contributed by atoms with Crippen molar-refractivity contribution < 1.29 is 18.0 Å².